The normalized spacial score (nSPS) is 14.3. The lowest BCUT2D eigenvalue weighted by atomic mass is 10.1. The maximum atomic E-state index is 12.6. The number of carbonyl (C=O) groups is 1. The van der Waals surface area contributed by atoms with Crippen LogP contribution in [0.3, 0.4) is 0 Å². The third kappa shape index (κ3) is 3.40. The topological polar surface area (TPSA) is 102 Å². The van der Waals surface area contributed by atoms with Crippen molar-refractivity contribution in [3.05, 3.63) is 47.2 Å². The Morgan fingerprint density at radius 2 is 2.00 bits per heavy atom. The maximum Gasteiger partial charge on any atom is 0.271 e. The van der Waals surface area contributed by atoms with Crippen molar-refractivity contribution in [3.8, 4) is 11.4 Å². The second-order valence-corrected chi connectivity index (χ2v) is 8.94. The summed E-state index contributed by atoms with van der Waals surface area (Å²) in [6, 6.07) is 7.81. The molecule has 1 aliphatic carbocycles. The first-order valence-corrected chi connectivity index (χ1v) is 10.3. The molecule has 1 aliphatic rings. The predicted molar refractivity (Wildman–Crippen MR) is 96.8 cm³/mol. The molecule has 3 aromatic rings. The fourth-order valence-electron chi connectivity index (χ4n) is 2.40. The van der Waals surface area contributed by atoms with Crippen LogP contribution in [0.5, 0.6) is 0 Å². The highest BCUT2D eigenvalue weighted by Crippen LogP contribution is 2.40. The van der Waals surface area contributed by atoms with Gasteiger partial charge in [-0.1, -0.05) is 5.16 Å². The first-order valence-electron chi connectivity index (χ1n) is 7.99. The van der Waals surface area contributed by atoms with Crippen LogP contribution in [0.1, 0.15) is 41.9 Å². The molecule has 0 radical (unpaired) electrons. The van der Waals surface area contributed by atoms with Gasteiger partial charge in [-0.3, -0.25) is 9.52 Å². The van der Waals surface area contributed by atoms with Gasteiger partial charge in [0.2, 0.25) is 11.7 Å². The third-order valence-electron chi connectivity index (χ3n) is 4.01. The zero-order valence-electron chi connectivity index (χ0n) is 13.8. The Morgan fingerprint density at radius 1 is 1.27 bits per heavy atom. The number of aromatic nitrogens is 2. The summed E-state index contributed by atoms with van der Waals surface area (Å²) in [5.74, 6) is 1.28. The van der Waals surface area contributed by atoms with Gasteiger partial charge in [0.05, 0.1) is 0 Å². The van der Waals surface area contributed by atoms with E-state index >= 15 is 0 Å². The summed E-state index contributed by atoms with van der Waals surface area (Å²) in [5.41, 5.74) is 1.52. The van der Waals surface area contributed by atoms with E-state index in [0.29, 0.717) is 34.4 Å². The predicted octanol–water partition coefficient (Wildman–Crippen LogP) is 3.68. The van der Waals surface area contributed by atoms with Crippen molar-refractivity contribution in [1.82, 2.24) is 10.1 Å². The summed E-state index contributed by atoms with van der Waals surface area (Å²) in [4.78, 5) is 15.6. The molecule has 4 rings (SSSR count). The number of ketones is 1. The van der Waals surface area contributed by atoms with Crippen LogP contribution in [0.2, 0.25) is 0 Å². The van der Waals surface area contributed by atoms with Crippen LogP contribution in [-0.2, 0) is 10.0 Å². The summed E-state index contributed by atoms with van der Waals surface area (Å²) < 4.78 is 33.0. The van der Waals surface area contributed by atoms with Crippen molar-refractivity contribution in [3.63, 3.8) is 0 Å². The highest BCUT2D eigenvalue weighted by atomic mass is 32.2. The van der Waals surface area contributed by atoms with Gasteiger partial charge in [0.15, 0.2) is 5.78 Å². The van der Waals surface area contributed by atoms with E-state index in [0.717, 1.165) is 24.2 Å². The van der Waals surface area contributed by atoms with Crippen LogP contribution >= 0.6 is 11.3 Å². The number of hydrogen-bond acceptors (Lipinski definition) is 7. The van der Waals surface area contributed by atoms with E-state index in [-0.39, 0.29) is 9.99 Å². The molecule has 0 spiro atoms. The lowest BCUT2D eigenvalue weighted by Gasteiger charge is -2.06. The van der Waals surface area contributed by atoms with Crippen molar-refractivity contribution in [2.45, 2.75) is 29.9 Å². The van der Waals surface area contributed by atoms with Crippen molar-refractivity contribution >= 4 is 32.8 Å². The number of nitrogens with one attached hydrogen (secondary N) is 1. The fraction of sp³-hybridized carbons (Fsp3) is 0.235. The molecule has 1 fully saturated rings. The van der Waals surface area contributed by atoms with Gasteiger partial charge in [0, 0.05) is 28.1 Å². The lowest BCUT2D eigenvalue weighted by molar-refractivity contribution is 0.101. The largest absolute Gasteiger partial charge is 0.339 e. The average molecular weight is 389 g/mol. The van der Waals surface area contributed by atoms with Crippen LogP contribution < -0.4 is 4.72 Å². The van der Waals surface area contributed by atoms with Gasteiger partial charge in [-0.05, 0) is 50.1 Å². The molecular weight excluding hydrogens is 374 g/mol. The number of thiophene rings is 1. The van der Waals surface area contributed by atoms with Crippen molar-refractivity contribution in [1.29, 1.82) is 0 Å². The molecular formula is C17H15N3O4S2. The Morgan fingerprint density at radius 3 is 2.65 bits per heavy atom. The van der Waals surface area contributed by atoms with Crippen LogP contribution in [0.25, 0.3) is 11.4 Å². The monoisotopic (exact) mass is 389 g/mol. The number of nitrogens with zero attached hydrogens (tertiary/aromatic N) is 2. The Bertz CT molecular complexity index is 1060. The molecule has 7 nitrogen and oxygen atoms in total. The third-order valence-corrected chi connectivity index (χ3v) is 6.83. The quantitative estimate of drug-likeness (QED) is 0.645. The van der Waals surface area contributed by atoms with Gasteiger partial charge >= 0.3 is 0 Å². The van der Waals surface area contributed by atoms with Crippen molar-refractivity contribution < 1.29 is 17.7 Å². The molecule has 9 heteroatoms. The molecule has 0 unspecified atom stereocenters. The second-order valence-electron chi connectivity index (χ2n) is 6.12. The van der Waals surface area contributed by atoms with E-state index in [1.165, 1.54) is 13.0 Å². The summed E-state index contributed by atoms with van der Waals surface area (Å²) in [6.45, 7) is 1.46. The minimum Gasteiger partial charge on any atom is -0.339 e. The summed E-state index contributed by atoms with van der Waals surface area (Å²) >= 11 is 1.09. The molecule has 2 heterocycles. The minimum absolute atomic E-state index is 0.0759. The zero-order valence-corrected chi connectivity index (χ0v) is 15.4. The molecule has 0 saturated heterocycles. The number of anilines is 1. The van der Waals surface area contributed by atoms with Crippen LogP contribution in [0.15, 0.2) is 44.4 Å². The number of rotatable bonds is 6. The maximum absolute atomic E-state index is 12.6. The molecule has 26 heavy (non-hydrogen) atoms. The fourth-order valence-corrected chi connectivity index (χ4v) is 4.62. The van der Waals surface area contributed by atoms with Gasteiger partial charge in [0.25, 0.3) is 10.0 Å². The molecule has 1 N–H and O–H groups in total. The van der Waals surface area contributed by atoms with Gasteiger partial charge < -0.3 is 4.52 Å². The van der Waals surface area contributed by atoms with Crippen LogP contribution in [0.4, 0.5) is 5.69 Å². The Hall–Kier alpha value is -2.52. The molecule has 1 saturated carbocycles. The first kappa shape index (κ1) is 16.9. The standard InChI is InChI=1S/C17H15N3O4S2/c1-10(21)11-4-6-14(7-5-11)20-26(22,23)15-8-13(9-25-15)16-18-17(24-19-16)12-2-3-12/h4-9,12,20H,2-3H2,1H3. The van der Waals surface area contributed by atoms with Gasteiger partial charge in [-0.25, -0.2) is 8.42 Å². The Balaban J connectivity index is 1.54. The molecule has 0 bridgehead atoms. The number of carbonyl (C=O) groups excluding carboxylic acids is 1. The van der Waals surface area contributed by atoms with Crippen molar-refractivity contribution in [2.75, 3.05) is 4.72 Å². The van der Waals surface area contributed by atoms with E-state index in [2.05, 4.69) is 14.9 Å². The Kier molecular flexibility index (Phi) is 4.12. The molecule has 0 atom stereocenters. The van der Waals surface area contributed by atoms with E-state index in [4.69, 9.17) is 4.52 Å². The van der Waals surface area contributed by atoms with Crippen molar-refractivity contribution in [2.24, 2.45) is 0 Å². The number of Topliss-reactive ketones (excluding diaryl/α,β-unsaturated/α-hetero) is 1. The lowest BCUT2D eigenvalue weighted by Crippen LogP contribution is -2.11. The summed E-state index contributed by atoms with van der Waals surface area (Å²) in [7, 11) is -3.73. The number of sulfonamides is 1. The molecule has 0 amide bonds. The summed E-state index contributed by atoms with van der Waals surface area (Å²) in [6.07, 6.45) is 2.11. The van der Waals surface area contributed by atoms with Gasteiger partial charge in [-0.2, -0.15) is 4.98 Å². The van der Waals surface area contributed by atoms with E-state index in [9.17, 15) is 13.2 Å². The highest BCUT2D eigenvalue weighted by Gasteiger charge is 2.30. The van der Waals surface area contributed by atoms with Crippen LogP contribution in [-0.4, -0.2) is 24.3 Å². The zero-order chi connectivity index (χ0) is 18.3. The molecule has 134 valence electrons. The van der Waals surface area contributed by atoms with Crippen LogP contribution in [0, 0.1) is 0 Å². The summed E-state index contributed by atoms with van der Waals surface area (Å²) in [5, 5.41) is 5.62. The first-order chi connectivity index (χ1) is 12.4. The molecule has 1 aromatic carbocycles. The molecule has 0 aliphatic heterocycles. The molecule has 2 aromatic heterocycles. The minimum atomic E-state index is -3.73. The highest BCUT2D eigenvalue weighted by molar-refractivity contribution is 7.94. The Labute approximate surface area is 154 Å². The van der Waals surface area contributed by atoms with Gasteiger partial charge in [0.1, 0.15) is 4.21 Å². The second kappa shape index (κ2) is 6.33. The van der Waals surface area contributed by atoms with E-state index in [1.807, 2.05) is 0 Å². The average Bonchev–Trinajstić information content (AvgIpc) is 3.12. The number of hydrogen-bond donors (Lipinski definition) is 1. The smallest absolute Gasteiger partial charge is 0.271 e. The number of benzene rings is 1. The van der Waals surface area contributed by atoms with Gasteiger partial charge in [-0.15, -0.1) is 11.3 Å². The SMILES string of the molecule is CC(=O)c1ccc(NS(=O)(=O)c2cc(-c3noc(C4CC4)n3)cs2)cc1. The van der Waals surface area contributed by atoms with E-state index in [1.54, 1.807) is 29.6 Å². The van der Waals surface area contributed by atoms with E-state index < -0.39 is 10.0 Å².